The lowest BCUT2D eigenvalue weighted by Gasteiger charge is -2.56. The van der Waals surface area contributed by atoms with Crippen LogP contribution < -0.4 is 10.6 Å². The standard InChI is InChI=1S/C30H45ClN2O3/c1-2-3-4-5-6-7-8-9-14-27(28(34)36-21-25-12-10-11-13-26(25)31)32-29(35)33-30-18-22-15-23(19-30)17-24(16-22)20-30/h10-13,22-24,27H,2-9,14-21H2,1H3,(H2,32,33,35). The van der Waals surface area contributed by atoms with E-state index in [2.05, 4.69) is 17.6 Å². The molecule has 2 amide bonds. The number of nitrogens with one attached hydrogen (secondary N) is 2. The normalized spacial score (nSPS) is 27.0. The van der Waals surface area contributed by atoms with Crippen LogP contribution in [0.5, 0.6) is 0 Å². The summed E-state index contributed by atoms with van der Waals surface area (Å²) in [7, 11) is 0. The van der Waals surface area contributed by atoms with Crippen LogP contribution in [0.25, 0.3) is 0 Å². The summed E-state index contributed by atoms with van der Waals surface area (Å²) in [4.78, 5) is 26.2. The molecule has 4 aliphatic rings. The Morgan fingerprint density at radius 2 is 1.53 bits per heavy atom. The van der Waals surface area contributed by atoms with Crippen molar-refractivity contribution in [1.82, 2.24) is 10.6 Å². The molecular weight excluding hydrogens is 472 g/mol. The van der Waals surface area contributed by atoms with Crippen molar-refractivity contribution in [2.24, 2.45) is 17.8 Å². The van der Waals surface area contributed by atoms with Crippen molar-refractivity contribution in [2.45, 2.75) is 121 Å². The molecule has 4 aliphatic carbocycles. The molecule has 5 rings (SSSR count). The largest absolute Gasteiger partial charge is 0.459 e. The summed E-state index contributed by atoms with van der Waals surface area (Å²) >= 11 is 6.24. The van der Waals surface area contributed by atoms with Gasteiger partial charge in [0.05, 0.1) is 0 Å². The van der Waals surface area contributed by atoms with E-state index in [1.807, 2.05) is 18.2 Å². The maximum atomic E-state index is 13.2. The Morgan fingerprint density at radius 3 is 2.14 bits per heavy atom. The SMILES string of the molecule is CCCCCCCCCCC(NC(=O)NC12CC3CC(CC(C3)C1)C2)C(=O)OCc1ccccc1Cl. The lowest BCUT2D eigenvalue weighted by molar-refractivity contribution is -0.147. The first-order valence-corrected chi connectivity index (χ1v) is 14.8. The fourth-order valence-electron chi connectivity index (χ4n) is 7.30. The van der Waals surface area contributed by atoms with E-state index in [-0.39, 0.29) is 24.1 Å². The minimum Gasteiger partial charge on any atom is -0.459 e. The van der Waals surface area contributed by atoms with Crippen molar-refractivity contribution in [2.75, 3.05) is 0 Å². The number of halogens is 1. The van der Waals surface area contributed by atoms with E-state index in [1.165, 1.54) is 57.8 Å². The molecule has 0 spiro atoms. The van der Waals surface area contributed by atoms with E-state index in [4.69, 9.17) is 16.3 Å². The number of carbonyl (C=O) groups is 2. The fourth-order valence-corrected chi connectivity index (χ4v) is 7.49. The van der Waals surface area contributed by atoms with Crippen molar-refractivity contribution in [3.05, 3.63) is 34.9 Å². The third-order valence-corrected chi connectivity index (χ3v) is 9.05. The van der Waals surface area contributed by atoms with E-state index in [1.54, 1.807) is 6.07 Å². The second-order valence-electron chi connectivity index (χ2n) is 11.8. The Labute approximate surface area is 222 Å². The number of hydrogen-bond acceptors (Lipinski definition) is 3. The van der Waals surface area contributed by atoms with Gasteiger partial charge >= 0.3 is 12.0 Å². The van der Waals surface area contributed by atoms with Crippen molar-refractivity contribution in [1.29, 1.82) is 0 Å². The second kappa shape index (κ2) is 13.2. The first-order valence-electron chi connectivity index (χ1n) is 14.4. The van der Waals surface area contributed by atoms with Crippen LogP contribution in [0.3, 0.4) is 0 Å². The van der Waals surface area contributed by atoms with Gasteiger partial charge < -0.3 is 15.4 Å². The van der Waals surface area contributed by atoms with Crippen LogP contribution in [0.15, 0.2) is 24.3 Å². The van der Waals surface area contributed by atoms with Gasteiger partial charge in [0.15, 0.2) is 0 Å². The molecule has 200 valence electrons. The molecule has 1 aromatic carbocycles. The molecule has 0 aliphatic heterocycles. The quantitative estimate of drug-likeness (QED) is 0.198. The summed E-state index contributed by atoms with van der Waals surface area (Å²) in [5.74, 6) is 1.89. The van der Waals surface area contributed by atoms with Gasteiger partial charge in [-0.3, -0.25) is 0 Å². The summed E-state index contributed by atoms with van der Waals surface area (Å²) in [5.41, 5.74) is 0.694. The molecular formula is C30H45ClN2O3. The highest BCUT2D eigenvalue weighted by molar-refractivity contribution is 6.31. The Bertz CT molecular complexity index is 838. The number of rotatable bonds is 14. The molecule has 1 aromatic rings. The van der Waals surface area contributed by atoms with Gasteiger partial charge in [-0.2, -0.15) is 0 Å². The predicted molar refractivity (Wildman–Crippen MR) is 145 cm³/mol. The maximum absolute atomic E-state index is 13.2. The number of urea groups is 1. The number of hydrogen-bond donors (Lipinski definition) is 2. The van der Waals surface area contributed by atoms with Crippen molar-refractivity contribution < 1.29 is 14.3 Å². The van der Waals surface area contributed by atoms with E-state index in [0.717, 1.165) is 55.4 Å². The van der Waals surface area contributed by atoms with Gasteiger partial charge in [-0.25, -0.2) is 9.59 Å². The highest BCUT2D eigenvalue weighted by Crippen LogP contribution is 2.55. The van der Waals surface area contributed by atoms with Gasteiger partial charge in [-0.05, 0) is 68.8 Å². The van der Waals surface area contributed by atoms with Crippen LogP contribution in [0.4, 0.5) is 4.79 Å². The van der Waals surface area contributed by atoms with Crippen molar-refractivity contribution >= 4 is 23.6 Å². The molecule has 2 N–H and O–H groups in total. The van der Waals surface area contributed by atoms with E-state index in [0.29, 0.717) is 11.4 Å². The van der Waals surface area contributed by atoms with Crippen LogP contribution in [0, 0.1) is 17.8 Å². The Kier molecular flexibility index (Phi) is 9.98. The predicted octanol–water partition coefficient (Wildman–Crippen LogP) is 7.55. The molecule has 4 fully saturated rings. The Balaban J connectivity index is 1.29. The first-order chi connectivity index (χ1) is 17.5. The van der Waals surface area contributed by atoms with E-state index >= 15 is 0 Å². The van der Waals surface area contributed by atoms with Gasteiger partial charge in [0, 0.05) is 16.1 Å². The molecule has 1 unspecified atom stereocenters. The number of carbonyl (C=O) groups excluding carboxylic acids is 2. The van der Waals surface area contributed by atoms with Gasteiger partial charge in [-0.1, -0.05) is 88.1 Å². The van der Waals surface area contributed by atoms with Gasteiger partial charge in [0.25, 0.3) is 0 Å². The highest BCUT2D eigenvalue weighted by atomic mass is 35.5. The van der Waals surface area contributed by atoms with Crippen LogP contribution >= 0.6 is 11.6 Å². The van der Waals surface area contributed by atoms with Crippen LogP contribution in [-0.4, -0.2) is 23.6 Å². The van der Waals surface area contributed by atoms with Crippen molar-refractivity contribution in [3.8, 4) is 0 Å². The first kappa shape index (κ1) is 27.3. The summed E-state index contributed by atoms with van der Waals surface area (Å²) in [6, 6.07) is 6.54. The zero-order valence-electron chi connectivity index (χ0n) is 22.0. The van der Waals surface area contributed by atoms with Gasteiger partial charge in [-0.15, -0.1) is 0 Å². The lowest BCUT2D eigenvalue weighted by Crippen LogP contribution is -2.62. The minimum absolute atomic E-state index is 0.0800. The summed E-state index contributed by atoms with van der Waals surface area (Å²) in [5, 5.41) is 6.93. The van der Waals surface area contributed by atoms with Crippen LogP contribution in [-0.2, 0) is 16.1 Å². The van der Waals surface area contributed by atoms with E-state index < -0.39 is 6.04 Å². The Morgan fingerprint density at radius 1 is 0.944 bits per heavy atom. The van der Waals surface area contributed by atoms with E-state index in [9.17, 15) is 9.59 Å². The van der Waals surface area contributed by atoms with Gasteiger partial charge in [0.1, 0.15) is 12.6 Å². The average Bonchev–Trinajstić information content (AvgIpc) is 2.83. The summed E-state index contributed by atoms with van der Waals surface area (Å²) in [6.07, 6.45) is 17.4. The molecule has 36 heavy (non-hydrogen) atoms. The fraction of sp³-hybridized carbons (Fsp3) is 0.733. The smallest absolute Gasteiger partial charge is 0.329 e. The molecule has 0 saturated heterocycles. The zero-order valence-corrected chi connectivity index (χ0v) is 22.8. The molecule has 6 heteroatoms. The topological polar surface area (TPSA) is 67.4 Å². The molecule has 5 nitrogen and oxygen atoms in total. The molecule has 1 atom stereocenters. The number of esters is 1. The number of ether oxygens (including phenoxy) is 1. The number of benzene rings is 1. The number of unbranched alkanes of at least 4 members (excludes halogenated alkanes) is 7. The lowest BCUT2D eigenvalue weighted by atomic mass is 9.53. The number of amides is 2. The maximum Gasteiger partial charge on any atom is 0.329 e. The third-order valence-electron chi connectivity index (χ3n) is 8.68. The Hall–Kier alpha value is -1.75. The summed E-state index contributed by atoms with van der Waals surface area (Å²) < 4.78 is 5.62. The van der Waals surface area contributed by atoms with Crippen LogP contribution in [0.2, 0.25) is 5.02 Å². The molecule has 4 bridgehead atoms. The highest BCUT2D eigenvalue weighted by Gasteiger charge is 2.51. The summed E-state index contributed by atoms with van der Waals surface area (Å²) in [6.45, 7) is 2.35. The molecule has 4 saturated carbocycles. The van der Waals surface area contributed by atoms with Crippen molar-refractivity contribution in [3.63, 3.8) is 0 Å². The molecule has 0 aromatic heterocycles. The molecule has 0 radical (unpaired) electrons. The average molecular weight is 517 g/mol. The van der Waals surface area contributed by atoms with Crippen LogP contribution in [0.1, 0.15) is 109 Å². The zero-order chi connectivity index (χ0) is 25.4. The second-order valence-corrected chi connectivity index (χ2v) is 12.2. The molecule has 0 heterocycles. The van der Waals surface area contributed by atoms with Gasteiger partial charge in [0.2, 0.25) is 0 Å². The third kappa shape index (κ3) is 7.63. The monoisotopic (exact) mass is 516 g/mol. The minimum atomic E-state index is -0.638.